The molecule has 174 valence electrons. The van der Waals surface area contributed by atoms with E-state index in [-0.39, 0.29) is 35.6 Å². The summed E-state index contributed by atoms with van der Waals surface area (Å²) < 4.78 is 11.4. The van der Waals surface area contributed by atoms with E-state index in [1.165, 1.54) is 43.0 Å². The lowest BCUT2D eigenvalue weighted by Crippen LogP contribution is -2.33. The smallest absolute Gasteiger partial charge is 0.263 e. The van der Waals surface area contributed by atoms with E-state index in [9.17, 15) is 14.4 Å². The highest BCUT2D eigenvalue weighted by Gasteiger charge is 2.31. The zero-order valence-electron chi connectivity index (χ0n) is 18.4. The van der Waals surface area contributed by atoms with Crippen molar-refractivity contribution in [2.45, 2.75) is 6.61 Å². The van der Waals surface area contributed by atoms with E-state index in [0.29, 0.717) is 23.2 Å². The van der Waals surface area contributed by atoms with E-state index in [0.717, 1.165) is 5.56 Å². The first kappa shape index (κ1) is 24.7. The molecule has 33 heavy (non-hydrogen) atoms. The molecular weight excluding hydrogens is 462 g/mol. The van der Waals surface area contributed by atoms with Gasteiger partial charge in [-0.3, -0.25) is 19.3 Å². The van der Waals surface area contributed by atoms with Gasteiger partial charge in [0.05, 0.1) is 17.7 Å². The summed E-state index contributed by atoms with van der Waals surface area (Å²) in [5.74, 6) is -0.526. The van der Waals surface area contributed by atoms with Crippen molar-refractivity contribution in [1.82, 2.24) is 15.5 Å². The molecule has 3 rings (SSSR count). The van der Waals surface area contributed by atoms with E-state index < -0.39 is 17.7 Å². The molecule has 3 amide bonds. The molecule has 1 saturated heterocycles. The van der Waals surface area contributed by atoms with Crippen molar-refractivity contribution in [3.8, 4) is 5.75 Å². The van der Waals surface area contributed by atoms with Crippen LogP contribution in [0.2, 0.25) is 0 Å². The normalized spacial score (nSPS) is 13.0. The van der Waals surface area contributed by atoms with E-state index in [2.05, 4.69) is 10.6 Å². The number of hydrogen-bond donors (Lipinski definition) is 2. The zero-order chi connectivity index (χ0) is 23.8. The van der Waals surface area contributed by atoms with Gasteiger partial charge in [-0.05, 0) is 17.7 Å². The van der Waals surface area contributed by atoms with E-state index in [4.69, 9.17) is 21.7 Å². The molecular formula is C23H25N3O5S2. The van der Waals surface area contributed by atoms with Gasteiger partial charge in [0.15, 0.2) is 0 Å². The van der Waals surface area contributed by atoms with Crippen LogP contribution in [0.15, 0.2) is 42.5 Å². The van der Waals surface area contributed by atoms with Crippen molar-refractivity contribution in [2.75, 3.05) is 39.6 Å². The van der Waals surface area contributed by atoms with E-state index >= 15 is 0 Å². The molecule has 0 atom stereocenters. The Bertz CT molecular complexity index is 1050. The summed E-state index contributed by atoms with van der Waals surface area (Å²) in [4.78, 5) is 40.4. The molecule has 8 nitrogen and oxygen atoms in total. The second kappa shape index (κ2) is 11.8. The number of methoxy groups -OCH3 is 1. The maximum Gasteiger partial charge on any atom is 0.263 e. The standard InChI is InChI=1S/C23H25N3O5S2/c1-24-21(28)17-12-16(20(27)25-8-10-30-2)13-18(22(29)26-9-11-33-23(26)32)19(17)31-14-15-6-4-3-5-7-15/h3-7,12-13H,8-11,14H2,1-2H3,(H,24,28)(H,25,27). The number of thiocarbonyl (C=S) groups is 1. The van der Waals surface area contributed by atoms with Gasteiger partial charge in [-0.2, -0.15) is 0 Å². The summed E-state index contributed by atoms with van der Waals surface area (Å²) in [6, 6.07) is 12.3. The summed E-state index contributed by atoms with van der Waals surface area (Å²) in [7, 11) is 3.00. The van der Waals surface area contributed by atoms with Crippen LogP contribution in [0.1, 0.15) is 36.6 Å². The Balaban J connectivity index is 2.06. The molecule has 0 spiro atoms. The number of carbonyl (C=O) groups excluding carboxylic acids is 3. The lowest BCUT2D eigenvalue weighted by atomic mass is 10.0. The number of amides is 3. The molecule has 0 bridgehead atoms. The molecule has 0 aliphatic carbocycles. The monoisotopic (exact) mass is 487 g/mol. The average Bonchev–Trinajstić information content (AvgIpc) is 3.27. The van der Waals surface area contributed by atoms with Crippen molar-refractivity contribution in [1.29, 1.82) is 0 Å². The van der Waals surface area contributed by atoms with Crippen LogP contribution in [0.4, 0.5) is 0 Å². The minimum atomic E-state index is -0.475. The number of carbonyl (C=O) groups is 3. The summed E-state index contributed by atoms with van der Waals surface area (Å²) in [5, 5.41) is 5.27. The molecule has 2 aromatic rings. The Kier molecular flexibility index (Phi) is 8.81. The summed E-state index contributed by atoms with van der Waals surface area (Å²) in [5.41, 5.74) is 1.23. The summed E-state index contributed by atoms with van der Waals surface area (Å²) in [6.45, 7) is 1.20. The van der Waals surface area contributed by atoms with Gasteiger partial charge in [-0.25, -0.2) is 0 Å². The fourth-order valence-corrected chi connectivity index (χ4v) is 4.40. The third-order valence-electron chi connectivity index (χ3n) is 4.88. The highest BCUT2D eigenvalue weighted by atomic mass is 32.2. The second-order valence-corrected chi connectivity index (χ2v) is 8.80. The quantitative estimate of drug-likeness (QED) is 0.414. The van der Waals surface area contributed by atoms with E-state index in [1.807, 2.05) is 30.3 Å². The maximum absolute atomic E-state index is 13.4. The van der Waals surface area contributed by atoms with Gasteiger partial charge in [-0.15, -0.1) is 0 Å². The van der Waals surface area contributed by atoms with Crippen LogP contribution in [0.5, 0.6) is 5.75 Å². The Morgan fingerprint density at radius 2 is 1.85 bits per heavy atom. The highest BCUT2D eigenvalue weighted by molar-refractivity contribution is 8.23. The third-order valence-corrected chi connectivity index (χ3v) is 6.30. The average molecular weight is 488 g/mol. The Morgan fingerprint density at radius 1 is 1.12 bits per heavy atom. The molecule has 1 aliphatic rings. The number of nitrogens with zero attached hydrogens (tertiary/aromatic N) is 1. The van der Waals surface area contributed by atoms with Gasteiger partial charge >= 0.3 is 0 Å². The number of ether oxygens (including phenoxy) is 2. The summed E-state index contributed by atoms with van der Waals surface area (Å²) in [6.07, 6.45) is 0. The molecule has 2 N–H and O–H groups in total. The van der Waals surface area contributed by atoms with Gasteiger partial charge in [0.1, 0.15) is 16.7 Å². The first-order chi connectivity index (χ1) is 16.0. The minimum absolute atomic E-state index is 0.0916. The molecule has 1 aliphatic heterocycles. The van der Waals surface area contributed by atoms with Crippen molar-refractivity contribution < 1.29 is 23.9 Å². The highest BCUT2D eigenvalue weighted by Crippen LogP contribution is 2.31. The van der Waals surface area contributed by atoms with E-state index in [1.54, 1.807) is 0 Å². The minimum Gasteiger partial charge on any atom is -0.487 e. The second-order valence-electron chi connectivity index (χ2n) is 7.07. The van der Waals surface area contributed by atoms with Crippen molar-refractivity contribution in [3.05, 3.63) is 64.7 Å². The molecule has 1 fully saturated rings. The van der Waals surface area contributed by atoms with Crippen LogP contribution >= 0.6 is 24.0 Å². The van der Waals surface area contributed by atoms with Crippen LogP contribution < -0.4 is 15.4 Å². The van der Waals surface area contributed by atoms with Crippen LogP contribution in [0.3, 0.4) is 0 Å². The molecule has 0 aromatic heterocycles. The van der Waals surface area contributed by atoms with Crippen molar-refractivity contribution >= 4 is 46.0 Å². The van der Waals surface area contributed by atoms with Crippen LogP contribution in [0, 0.1) is 0 Å². The van der Waals surface area contributed by atoms with Crippen LogP contribution in [-0.4, -0.2) is 66.5 Å². The maximum atomic E-state index is 13.4. The van der Waals surface area contributed by atoms with Crippen molar-refractivity contribution in [3.63, 3.8) is 0 Å². The number of nitrogens with one attached hydrogen (secondary N) is 2. The lowest BCUT2D eigenvalue weighted by Gasteiger charge is -2.20. The fourth-order valence-electron chi connectivity index (χ4n) is 3.20. The first-order valence-corrected chi connectivity index (χ1v) is 11.7. The Hall–Kier alpha value is -2.95. The Morgan fingerprint density at radius 3 is 2.48 bits per heavy atom. The SMILES string of the molecule is CNC(=O)c1cc(C(=O)NCCOC)cc(C(=O)N2CCSC2=S)c1OCc1ccccc1. The number of thioether (sulfide) groups is 1. The van der Waals surface area contributed by atoms with Gasteiger partial charge in [0.2, 0.25) is 0 Å². The molecule has 1 heterocycles. The summed E-state index contributed by atoms with van der Waals surface area (Å²) >= 11 is 6.73. The molecule has 0 saturated carbocycles. The predicted octanol–water partition coefficient (Wildman–Crippen LogP) is 2.48. The predicted molar refractivity (Wildman–Crippen MR) is 131 cm³/mol. The zero-order valence-corrected chi connectivity index (χ0v) is 20.0. The van der Waals surface area contributed by atoms with Gasteiger partial charge in [0, 0.05) is 38.6 Å². The first-order valence-electron chi connectivity index (χ1n) is 10.3. The number of rotatable bonds is 9. The molecule has 2 aromatic carbocycles. The third kappa shape index (κ3) is 6.10. The molecule has 0 unspecified atom stereocenters. The van der Waals surface area contributed by atoms with Gasteiger partial charge in [-0.1, -0.05) is 54.3 Å². The van der Waals surface area contributed by atoms with Crippen LogP contribution in [-0.2, 0) is 11.3 Å². The number of hydrogen-bond acceptors (Lipinski definition) is 7. The fraction of sp³-hybridized carbons (Fsp3) is 0.304. The largest absolute Gasteiger partial charge is 0.487 e. The lowest BCUT2D eigenvalue weighted by molar-refractivity contribution is 0.0856. The van der Waals surface area contributed by atoms with Crippen molar-refractivity contribution in [2.24, 2.45) is 0 Å². The van der Waals surface area contributed by atoms with Gasteiger partial charge < -0.3 is 20.1 Å². The topological polar surface area (TPSA) is 97.0 Å². The van der Waals surface area contributed by atoms with Crippen LogP contribution in [0.25, 0.3) is 0 Å². The van der Waals surface area contributed by atoms with Gasteiger partial charge in [0.25, 0.3) is 17.7 Å². The molecule has 0 radical (unpaired) electrons. The molecule has 10 heteroatoms. The Labute approximate surface area is 202 Å². The number of benzene rings is 2.